The Hall–Kier alpha value is -1.40. The molecule has 0 aromatic carbocycles. The van der Waals surface area contributed by atoms with Crippen LogP contribution in [0.4, 0.5) is 0 Å². The molecular weight excluding hydrogens is 186 g/mol. The van der Waals surface area contributed by atoms with Crippen molar-refractivity contribution in [3.63, 3.8) is 0 Å². The monoisotopic (exact) mass is 203 g/mol. The molecule has 0 aromatic heterocycles. The van der Waals surface area contributed by atoms with Crippen LogP contribution in [0.15, 0.2) is 40.9 Å². The van der Waals surface area contributed by atoms with E-state index < -0.39 is 0 Å². The van der Waals surface area contributed by atoms with E-state index in [-0.39, 0.29) is 11.5 Å². The van der Waals surface area contributed by atoms with E-state index in [1.165, 1.54) is 5.57 Å². The standard InChI is InChI=1S/C13H17NO/c1-10(2)11-6-5-7-12(8-11)13(3,4)14-9-15/h5-7,12H,1,8H2,2-4H3. The van der Waals surface area contributed by atoms with Gasteiger partial charge < -0.3 is 0 Å². The molecule has 2 nitrogen and oxygen atoms in total. The zero-order valence-electron chi connectivity index (χ0n) is 9.58. The maximum absolute atomic E-state index is 10.3. The zero-order chi connectivity index (χ0) is 11.5. The fraction of sp³-hybridized carbons (Fsp3) is 0.462. The fourth-order valence-electron chi connectivity index (χ4n) is 1.68. The molecule has 0 spiro atoms. The Morgan fingerprint density at radius 2 is 2.33 bits per heavy atom. The first kappa shape index (κ1) is 11.7. The Labute approximate surface area is 91.1 Å². The summed E-state index contributed by atoms with van der Waals surface area (Å²) in [6.07, 6.45) is 8.72. The third-order valence-corrected chi connectivity index (χ3v) is 2.87. The predicted molar refractivity (Wildman–Crippen MR) is 62.3 cm³/mol. The maximum atomic E-state index is 10.3. The van der Waals surface area contributed by atoms with Gasteiger partial charge in [0.25, 0.3) is 0 Å². The van der Waals surface area contributed by atoms with Gasteiger partial charge in [-0.1, -0.05) is 30.4 Å². The highest BCUT2D eigenvalue weighted by molar-refractivity contribution is 5.38. The molecule has 0 radical (unpaired) electrons. The van der Waals surface area contributed by atoms with Crippen LogP contribution in [0.3, 0.4) is 0 Å². The summed E-state index contributed by atoms with van der Waals surface area (Å²) in [5, 5.41) is 0. The minimum atomic E-state index is -0.382. The molecule has 1 atom stereocenters. The highest BCUT2D eigenvalue weighted by Crippen LogP contribution is 2.32. The molecule has 0 saturated carbocycles. The lowest BCUT2D eigenvalue weighted by molar-refractivity contribution is 0.379. The van der Waals surface area contributed by atoms with Crippen molar-refractivity contribution < 1.29 is 4.79 Å². The van der Waals surface area contributed by atoms with E-state index in [1.54, 1.807) is 6.08 Å². The average Bonchev–Trinajstić information content (AvgIpc) is 2.18. The first-order valence-electron chi connectivity index (χ1n) is 5.09. The second kappa shape index (κ2) is 4.41. The van der Waals surface area contributed by atoms with Crippen LogP contribution < -0.4 is 0 Å². The molecule has 0 bridgehead atoms. The highest BCUT2D eigenvalue weighted by Gasteiger charge is 2.28. The van der Waals surface area contributed by atoms with Gasteiger partial charge in [-0.3, -0.25) is 0 Å². The zero-order valence-corrected chi connectivity index (χ0v) is 9.58. The Morgan fingerprint density at radius 3 is 2.87 bits per heavy atom. The summed E-state index contributed by atoms with van der Waals surface area (Å²) in [5.41, 5.74) is 1.93. The molecule has 0 amide bonds. The third kappa shape index (κ3) is 2.77. The molecule has 0 N–H and O–H groups in total. The SMILES string of the molecule is C=C(C)C1=CC=CC(C(C)(C)N=C=O)C1. The first-order valence-corrected chi connectivity index (χ1v) is 5.09. The first-order chi connectivity index (χ1) is 6.97. The number of carbonyl (C=O) groups excluding carboxylic acids is 1. The quantitative estimate of drug-likeness (QED) is 0.511. The molecule has 0 saturated heterocycles. The van der Waals surface area contributed by atoms with Gasteiger partial charge in [-0.25, -0.2) is 4.79 Å². The van der Waals surface area contributed by atoms with Gasteiger partial charge in [0.1, 0.15) is 0 Å². The molecule has 0 aromatic rings. The van der Waals surface area contributed by atoms with Crippen molar-refractivity contribution in [3.8, 4) is 0 Å². The maximum Gasteiger partial charge on any atom is 0.235 e. The molecular formula is C13H17NO. The molecule has 0 heterocycles. The largest absolute Gasteiger partial charge is 0.235 e. The molecule has 1 unspecified atom stereocenters. The highest BCUT2D eigenvalue weighted by atomic mass is 16.1. The Balaban J connectivity index is 2.86. The third-order valence-electron chi connectivity index (χ3n) is 2.87. The van der Waals surface area contributed by atoms with Crippen LogP contribution in [0.25, 0.3) is 0 Å². The van der Waals surface area contributed by atoms with Crippen LogP contribution >= 0.6 is 0 Å². The van der Waals surface area contributed by atoms with Gasteiger partial charge in [0, 0.05) is 5.92 Å². The summed E-state index contributed by atoms with van der Waals surface area (Å²) in [7, 11) is 0. The molecule has 1 aliphatic rings. The van der Waals surface area contributed by atoms with Crippen molar-refractivity contribution in [2.75, 3.05) is 0 Å². The van der Waals surface area contributed by atoms with Crippen molar-refractivity contribution in [2.24, 2.45) is 10.9 Å². The van der Waals surface area contributed by atoms with Gasteiger partial charge in [-0.2, -0.15) is 4.99 Å². The van der Waals surface area contributed by atoms with Gasteiger partial charge in [0.2, 0.25) is 6.08 Å². The summed E-state index contributed by atoms with van der Waals surface area (Å²) < 4.78 is 0. The van der Waals surface area contributed by atoms with E-state index in [9.17, 15) is 4.79 Å². The number of aliphatic imine (C=N–C) groups is 1. The molecule has 2 heteroatoms. The topological polar surface area (TPSA) is 29.4 Å². The number of rotatable bonds is 3. The van der Waals surface area contributed by atoms with Crippen LogP contribution in [-0.4, -0.2) is 11.6 Å². The van der Waals surface area contributed by atoms with Crippen molar-refractivity contribution in [1.82, 2.24) is 0 Å². The van der Waals surface area contributed by atoms with Crippen LogP contribution in [-0.2, 0) is 4.79 Å². The Kier molecular flexibility index (Phi) is 3.43. The predicted octanol–water partition coefficient (Wildman–Crippen LogP) is 3.18. The van der Waals surface area contributed by atoms with E-state index in [0.29, 0.717) is 0 Å². The van der Waals surface area contributed by atoms with Crippen molar-refractivity contribution >= 4 is 6.08 Å². The van der Waals surface area contributed by atoms with Crippen molar-refractivity contribution in [1.29, 1.82) is 0 Å². The van der Waals surface area contributed by atoms with Gasteiger partial charge in [-0.15, -0.1) is 0 Å². The molecule has 80 valence electrons. The lowest BCUT2D eigenvalue weighted by Crippen LogP contribution is -2.28. The molecule has 0 fully saturated rings. The van der Waals surface area contributed by atoms with Gasteiger partial charge in [0.05, 0.1) is 5.54 Å². The second-order valence-electron chi connectivity index (χ2n) is 4.52. The summed E-state index contributed by atoms with van der Waals surface area (Å²) >= 11 is 0. The normalized spacial score (nSPS) is 20.5. The summed E-state index contributed by atoms with van der Waals surface area (Å²) in [4.78, 5) is 14.2. The molecule has 0 aliphatic heterocycles. The fourth-order valence-corrected chi connectivity index (χ4v) is 1.68. The summed E-state index contributed by atoms with van der Waals surface area (Å²) in [5.74, 6) is 0.246. The number of isocyanates is 1. The van der Waals surface area contributed by atoms with Crippen LogP contribution in [0.5, 0.6) is 0 Å². The molecule has 15 heavy (non-hydrogen) atoms. The van der Waals surface area contributed by atoms with Gasteiger partial charge in [0.15, 0.2) is 0 Å². The van der Waals surface area contributed by atoms with E-state index in [0.717, 1.165) is 12.0 Å². The number of nitrogens with zero attached hydrogens (tertiary/aromatic N) is 1. The van der Waals surface area contributed by atoms with E-state index in [1.807, 2.05) is 26.8 Å². The van der Waals surface area contributed by atoms with E-state index in [4.69, 9.17) is 0 Å². The van der Waals surface area contributed by atoms with Crippen LogP contribution in [0.1, 0.15) is 27.2 Å². The van der Waals surface area contributed by atoms with Crippen LogP contribution in [0.2, 0.25) is 0 Å². The Morgan fingerprint density at radius 1 is 1.67 bits per heavy atom. The minimum Gasteiger partial charge on any atom is -0.211 e. The van der Waals surface area contributed by atoms with Gasteiger partial charge >= 0.3 is 0 Å². The lowest BCUT2D eigenvalue weighted by atomic mass is 9.79. The van der Waals surface area contributed by atoms with Crippen molar-refractivity contribution in [2.45, 2.75) is 32.7 Å². The van der Waals surface area contributed by atoms with Crippen molar-refractivity contribution in [3.05, 3.63) is 36.0 Å². The minimum absolute atomic E-state index is 0.246. The van der Waals surface area contributed by atoms with Gasteiger partial charge in [-0.05, 0) is 32.8 Å². The molecule has 1 aliphatic carbocycles. The lowest BCUT2D eigenvalue weighted by Gasteiger charge is -2.29. The Bertz CT molecular complexity index is 368. The smallest absolute Gasteiger partial charge is 0.211 e. The number of allylic oxidation sites excluding steroid dienone is 4. The molecule has 1 rings (SSSR count). The number of hydrogen-bond acceptors (Lipinski definition) is 2. The summed E-state index contributed by atoms with van der Waals surface area (Å²) in [6, 6.07) is 0. The van der Waals surface area contributed by atoms with Crippen LogP contribution in [0, 0.1) is 5.92 Å². The van der Waals surface area contributed by atoms with E-state index >= 15 is 0 Å². The second-order valence-corrected chi connectivity index (χ2v) is 4.52. The summed E-state index contributed by atoms with van der Waals surface area (Å²) in [6.45, 7) is 9.83. The average molecular weight is 203 g/mol. The number of hydrogen-bond donors (Lipinski definition) is 0. The van der Waals surface area contributed by atoms with E-state index in [2.05, 4.69) is 23.7 Å².